The molecule has 2 fully saturated rings. The maximum atomic E-state index is 12.3. The normalized spacial score (nSPS) is 23.4. The van der Waals surface area contributed by atoms with E-state index in [9.17, 15) is 4.79 Å². The van der Waals surface area contributed by atoms with E-state index in [0.29, 0.717) is 18.5 Å². The number of anilines is 1. The van der Waals surface area contributed by atoms with Crippen molar-refractivity contribution in [2.75, 3.05) is 38.0 Å². The standard InChI is InChI=1S/C18H31N5O/c1-14(2)17-12-22(7-4-8-23(17)10-15-5-6-15)13-18(24)20-16-9-19-21(3)11-16/h9,11,14-15,17H,4-8,10,12-13H2,1-3H3,(H,20,24)/t17-/m1/s1. The van der Waals surface area contributed by atoms with Crippen LogP contribution in [-0.2, 0) is 11.8 Å². The molecule has 24 heavy (non-hydrogen) atoms. The zero-order chi connectivity index (χ0) is 17.1. The molecule has 1 aliphatic carbocycles. The van der Waals surface area contributed by atoms with Gasteiger partial charge in [-0.3, -0.25) is 19.3 Å². The molecule has 1 saturated heterocycles. The van der Waals surface area contributed by atoms with Gasteiger partial charge in [0.1, 0.15) is 0 Å². The number of aryl methyl sites for hydroxylation is 1. The van der Waals surface area contributed by atoms with Gasteiger partial charge in [-0.15, -0.1) is 0 Å². The lowest BCUT2D eigenvalue weighted by atomic mass is 10.0. The summed E-state index contributed by atoms with van der Waals surface area (Å²) in [5, 5.41) is 7.04. The Morgan fingerprint density at radius 3 is 2.79 bits per heavy atom. The summed E-state index contributed by atoms with van der Waals surface area (Å²) in [6.45, 7) is 9.50. The van der Waals surface area contributed by atoms with E-state index in [1.54, 1.807) is 10.9 Å². The van der Waals surface area contributed by atoms with Crippen LogP contribution in [0.3, 0.4) is 0 Å². The van der Waals surface area contributed by atoms with Gasteiger partial charge >= 0.3 is 0 Å². The number of nitrogens with zero attached hydrogens (tertiary/aromatic N) is 4. The molecule has 0 bridgehead atoms. The second kappa shape index (κ2) is 7.66. The molecule has 1 aromatic rings. The summed E-state index contributed by atoms with van der Waals surface area (Å²) in [4.78, 5) is 17.3. The summed E-state index contributed by atoms with van der Waals surface area (Å²) >= 11 is 0. The Balaban J connectivity index is 1.55. The summed E-state index contributed by atoms with van der Waals surface area (Å²) in [7, 11) is 1.85. The number of amides is 1. The molecule has 1 saturated carbocycles. The highest BCUT2D eigenvalue weighted by Gasteiger charge is 2.32. The van der Waals surface area contributed by atoms with Gasteiger partial charge in [-0.2, -0.15) is 5.10 Å². The molecular formula is C18H31N5O. The molecule has 1 atom stereocenters. The van der Waals surface area contributed by atoms with Crippen LogP contribution in [0, 0.1) is 11.8 Å². The van der Waals surface area contributed by atoms with E-state index in [4.69, 9.17) is 0 Å². The molecule has 2 heterocycles. The quantitative estimate of drug-likeness (QED) is 0.862. The fraction of sp³-hybridized carbons (Fsp3) is 0.778. The van der Waals surface area contributed by atoms with Gasteiger partial charge in [0.15, 0.2) is 0 Å². The number of carbonyl (C=O) groups is 1. The number of carbonyl (C=O) groups excluding carboxylic acids is 1. The van der Waals surface area contributed by atoms with Crippen molar-refractivity contribution < 1.29 is 4.79 Å². The number of hydrogen-bond donors (Lipinski definition) is 1. The van der Waals surface area contributed by atoms with Crippen molar-refractivity contribution in [3.05, 3.63) is 12.4 Å². The van der Waals surface area contributed by atoms with Crippen LogP contribution in [0.25, 0.3) is 0 Å². The molecule has 1 aliphatic heterocycles. The molecule has 6 heteroatoms. The number of nitrogens with one attached hydrogen (secondary N) is 1. The summed E-state index contributed by atoms with van der Waals surface area (Å²) < 4.78 is 1.70. The van der Waals surface area contributed by atoms with Gasteiger partial charge in [-0.1, -0.05) is 13.8 Å². The summed E-state index contributed by atoms with van der Waals surface area (Å²) in [6, 6.07) is 0.555. The fourth-order valence-corrected chi connectivity index (χ4v) is 3.66. The van der Waals surface area contributed by atoms with E-state index in [1.807, 2.05) is 13.2 Å². The smallest absolute Gasteiger partial charge is 0.238 e. The first-order chi connectivity index (χ1) is 11.5. The molecule has 2 aliphatic rings. The first kappa shape index (κ1) is 17.4. The minimum Gasteiger partial charge on any atom is -0.322 e. The minimum atomic E-state index is 0.0566. The predicted molar refractivity (Wildman–Crippen MR) is 95.8 cm³/mol. The second-order valence-electron chi connectivity index (χ2n) is 7.79. The van der Waals surface area contributed by atoms with Gasteiger partial charge in [0.2, 0.25) is 5.91 Å². The average molecular weight is 333 g/mol. The Labute approximate surface area is 145 Å². The van der Waals surface area contributed by atoms with Gasteiger partial charge < -0.3 is 5.32 Å². The van der Waals surface area contributed by atoms with Crippen molar-refractivity contribution in [3.8, 4) is 0 Å². The van der Waals surface area contributed by atoms with Crippen molar-refractivity contribution >= 4 is 11.6 Å². The molecule has 3 rings (SSSR count). The van der Waals surface area contributed by atoms with Crippen LogP contribution in [0.2, 0.25) is 0 Å². The SMILES string of the molecule is CC(C)[C@H]1CN(CC(=O)Nc2cnn(C)c2)CCCN1CC1CC1. The Kier molecular flexibility index (Phi) is 5.56. The first-order valence-corrected chi connectivity index (χ1v) is 9.26. The highest BCUT2D eigenvalue weighted by atomic mass is 16.2. The van der Waals surface area contributed by atoms with Crippen molar-refractivity contribution in [1.29, 1.82) is 0 Å². The van der Waals surface area contributed by atoms with Crippen LogP contribution >= 0.6 is 0 Å². The Morgan fingerprint density at radius 2 is 2.17 bits per heavy atom. The highest BCUT2D eigenvalue weighted by Crippen LogP contribution is 2.31. The maximum absolute atomic E-state index is 12.3. The number of aromatic nitrogens is 2. The molecular weight excluding hydrogens is 302 g/mol. The van der Waals surface area contributed by atoms with E-state index < -0.39 is 0 Å². The topological polar surface area (TPSA) is 53.4 Å². The van der Waals surface area contributed by atoms with Gasteiger partial charge in [-0.25, -0.2) is 0 Å². The third-order valence-electron chi connectivity index (χ3n) is 5.15. The summed E-state index contributed by atoms with van der Waals surface area (Å²) in [6.07, 6.45) is 7.47. The predicted octanol–water partition coefficient (Wildman–Crippen LogP) is 1.80. The minimum absolute atomic E-state index is 0.0566. The molecule has 1 amide bonds. The van der Waals surface area contributed by atoms with Gasteiger partial charge in [0.05, 0.1) is 18.4 Å². The van der Waals surface area contributed by atoms with Crippen molar-refractivity contribution in [3.63, 3.8) is 0 Å². The van der Waals surface area contributed by atoms with Crippen LogP contribution in [0.15, 0.2) is 12.4 Å². The molecule has 6 nitrogen and oxygen atoms in total. The Morgan fingerprint density at radius 1 is 1.38 bits per heavy atom. The van der Waals surface area contributed by atoms with E-state index >= 15 is 0 Å². The number of hydrogen-bond acceptors (Lipinski definition) is 4. The first-order valence-electron chi connectivity index (χ1n) is 9.26. The molecule has 1 N–H and O–H groups in total. The monoisotopic (exact) mass is 333 g/mol. The molecule has 0 unspecified atom stereocenters. The Hall–Kier alpha value is -1.40. The lowest BCUT2D eigenvalue weighted by Crippen LogP contribution is -2.46. The third-order valence-corrected chi connectivity index (χ3v) is 5.15. The van der Waals surface area contributed by atoms with Crippen LogP contribution in [-0.4, -0.2) is 64.3 Å². The molecule has 1 aromatic heterocycles. The molecule has 0 aromatic carbocycles. The van der Waals surface area contributed by atoms with Crippen LogP contribution < -0.4 is 5.32 Å². The third kappa shape index (κ3) is 4.80. The van der Waals surface area contributed by atoms with Gasteiger partial charge in [0, 0.05) is 32.4 Å². The van der Waals surface area contributed by atoms with Crippen molar-refractivity contribution in [2.45, 2.75) is 39.2 Å². The highest BCUT2D eigenvalue weighted by molar-refractivity contribution is 5.91. The molecule has 134 valence electrons. The maximum Gasteiger partial charge on any atom is 0.238 e. The summed E-state index contributed by atoms with van der Waals surface area (Å²) in [5.74, 6) is 1.60. The van der Waals surface area contributed by atoms with Crippen LogP contribution in [0.5, 0.6) is 0 Å². The van der Waals surface area contributed by atoms with Crippen molar-refractivity contribution in [1.82, 2.24) is 19.6 Å². The van der Waals surface area contributed by atoms with E-state index in [0.717, 1.165) is 31.1 Å². The largest absolute Gasteiger partial charge is 0.322 e. The summed E-state index contributed by atoms with van der Waals surface area (Å²) in [5.41, 5.74) is 0.771. The average Bonchev–Trinajstić information content (AvgIpc) is 3.27. The Bertz CT molecular complexity index is 551. The van der Waals surface area contributed by atoms with E-state index in [1.165, 1.54) is 25.9 Å². The molecule has 0 radical (unpaired) electrons. The van der Waals surface area contributed by atoms with Crippen LogP contribution in [0.4, 0.5) is 5.69 Å². The zero-order valence-electron chi connectivity index (χ0n) is 15.2. The molecule has 0 spiro atoms. The number of rotatable bonds is 6. The lowest BCUT2D eigenvalue weighted by molar-refractivity contribution is -0.117. The second-order valence-corrected chi connectivity index (χ2v) is 7.79. The van der Waals surface area contributed by atoms with Crippen LogP contribution in [0.1, 0.15) is 33.1 Å². The van der Waals surface area contributed by atoms with Crippen molar-refractivity contribution in [2.24, 2.45) is 18.9 Å². The van der Waals surface area contributed by atoms with E-state index in [-0.39, 0.29) is 5.91 Å². The van der Waals surface area contributed by atoms with E-state index in [2.05, 4.69) is 34.1 Å². The lowest BCUT2D eigenvalue weighted by Gasteiger charge is -2.34. The van der Waals surface area contributed by atoms with Gasteiger partial charge in [-0.05, 0) is 44.2 Å². The zero-order valence-corrected chi connectivity index (χ0v) is 15.2. The van der Waals surface area contributed by atoms with Gasteiger partial charge in [0.25, 0.3) is 0 Å². The fourth-order valence-electron chi connectivity index (χ4n) is 3.66.